The summed E-state index contributed by atoms with van der Waals surface area (Å²) in [5.41, 5.74) is 2.14. The van der Waals surface area contributed by atoms with Gasteiger partial charge in [-0.1, -0.05) is 0 Å². The zero-order chi connectivity index (χ0) is 14.3. The number of nitrogens with zero attached hydrogens (tertiary/aromatic N) is 1. The van der Waals surface area contributed by atoms with Crippen LogP contribution in [0.1, 0.15) is 30.0 Å². The van der Waals surface area contributed by atoms with Crippen LogP contribution in [-0.2, 0) is 16.0 Å². The maximum atomic E-state index is 12.0. The Morgan fingerprint density at radius 1 is 1.15 bits per heavy atom. The highest BCUT2D eigenvalue weighted by Gasteiger charge is 2.37. The monoisotopic (exact) mass is 275 g/mol. The Morgan fingerprint density at radius 3 is 2.55 bits per heavy atom. The van der Waals surface area contributed by atoms with E-state index in [2.05, 4.69) is 0 Å². The van der Waals surface area contributed by atoms with Gasteiger partial charge in [0, 0.05) is 13.0 Å². The molecule has 1 saturated heterocycles. The van der Waals surface area contributed by atoms with E-state index in [1.54, 1.807) is 14.2 Å². The number of amides is 1. The lowest BCUT2D eigenvalue weighted by molar-refractivity contribution is -0.143. The number of hydrogen-bond acceptors (Lipinski definition) is 4. The second kappa shape index (κ2) is 4.81. The number of methoxy groups -OCH3 is 2. The lowest BCUT2D eigenvalue weighted by Crippen LogP contribution is -2.45. The van der Waals surface area contributed by atoms with Gasteiger partial charge < -0.3 is 14.4 Å². The van der Waals surface area contributed by atoms with E-state index in [0.717, 1.165) is 17.5 Å². The van der Waals surface area contributed by atoms with Crippen LogP contribution < -0.4 is 9.47 Å². The van der Waals surface area contributed by atoms with E-state index in [1.165, 1.54) is 0 Å². The molecule has 1 amide bonds. The summed E-state index contributed by atoms with van der Waals surface area (Å²) in [6.07, 6.45) is 1.22. The number of ketones is 1. The molecular weight excluding hydrogens is 258 g/mol. The molecule has 1 atom stereocenters. The molecule has 2 aliphatic heterocycles. The fraction of sp³-hybridized carbons (Fsp3) is 0.467. The van der Waals surface area contributed by atoms with Crippen LogP contribution >= 0.6 is 0 Å². The van der Waals surface area contributed by atoms with Gasteiger partial charge in [-0.05, 0) is 29.7 Å². The Morgan fingerprint density at radius 2 is 1.85 bits per heavy atom. The molecule has 0 radical (unpaired) electrons. The zero-order valence-corrected chi connectivity index (χ0v) is 11.6. The number of piperidine rings is 1. The summed E-state index contributed by atoms with van der Waals surface area (Å²) in [7, 11) is 3.19. The molecular formula is C15H17NO4. The standard InChI is InChI=1S/C15H17NO4/c1-19-13-5-9-3-4-16-12(6-10(17)7-15(16)18)11(9)8-14(13)20-2/h5,8,12H,3-4,6-7H2,1-2H3. The van der Waals surface area contributed by atoms with Gasteiger partial charge in [0.25, 0.3) is 0 Å². The van der Waals surface area contributed by atoms with Gasteiger partial charge in [-0.15, -0.1) is 0 Å². The first kappa shape index (κ1) is 13.0. The molecule has 3 rings (SSSR count). The van der Waals surface area contributed by atoms with Crippen LogP contribution in [0.5, 0.6) is 11.5 Å². The molecule has 2 aliphatic rings. The molecule has 0 bridgehead atoms. The van der Waals surface area contributed by atoms with Crippen molar-refractivity contribution >= 4 is 11.7 Å². The third kappa shape index (κ3) is 1.94. The van der Waals surface area contributed by atoms with E-state index in [-0.39, 0.29) is 24.2 Å². The van der Waals surface area contributed by atoms with Crippen LogP contribution in [0.3, 0.4) is 0 Å². The maximum Gasteiger partial charge on any atom is 0.230 e. The molecule has 20 heavy (non-hydrogen) atoms. The first-order valence-electron chi connectivity index (χ1n) is 6.70. The highest BCUT2D eigenvalue weighted by molar-refractivity contribution is 6.01. The van der Waals surface area contributed by atoms with Gasteiger partial charge in [0.05, 0.1) is 26.7 Å². The third-order valence-electron chi connectivity index (χ3n) is 4.09. The van der Waals surface area contributed by atoms with E-state index >= 15 is 0 Å². The number of carbonyl (C=O) groups excluding carboxylic acids is 2. The van der Waals surface area contributed by atoms with Crippen LogP contribution in [0.15, 0.2) is 12.1 Å². The van der Waals surface area contributed by atoms with Gasteiger partial charge in [-0.2, -0.15) is 0 Å². The number of rotatable bonds is 2. The van der Waals surface area contributed by atoms with Crippen molar-refractivity contribution in [2.45, 2.75) is 25.3 Å². The zero-order valence-electron chi connectivity index (χ0n) is 11.6. The van der Waals surface area contributed by atoms with Crippen molar-refractivity contribution in [1.82, 2.24) is 4.90 Å². The van der Waals surface area contributed by atoms with Crippen LogP contribution in [0.25, 0.3) is 0 Å². The highest BCUT2D eigenvalue weighted by Crippen LogP contribution is 2.41. The minimum Gasteiger partial charge on any atom is -0.493 e. The van der Waals surface area contributed by atoms with Crippen molar-refractivity contribution in [2.24, 2.45) is 0 Å². The second-order valence-corrected chi connectivity index (χ2v) is 5.18. The number of Topliss-reactive ketones (excluding diaryl/α,β-unsaturated/α-hetero) is 1. The smallest absolute Gasteiger partial charge is 0.230 e. The molecule has 0 saturated carbocycles. The average molecular weight is 275 g/mol. The normalized spacial score (nSPS) is 21.3. The molecule has 106 valence electrons. The van der Waals surface area contributed by atoms with Gasteiger partial charge in [0.1, 0.15) is 5.78 Å². The van der Waals surface area contributed by atoms with E-state index in [9.17, 15) is 9.59 Å². The van der Waals surface area contributed by atoms with Crippen LogP contribution in [0.4, 0.5) is 0 Å². The van der Waals surface area contributed by atoms with Crippen molar-refractivity contribution in [2.75, 3.05) is 20.8 Å². The van der Waals surface area contributed by atoms with Crippen molar-refractivity contribution in [1.29, 1.82) is 0 Å². The number of fused-ring (bicyclic) bond motifs is 3. The Labute approximate surface area is 117 Å². The van der Waals surface area contributed by atoms with Crippen molar-refractivity contribution < 1.29 is 19.1 Å². The first-order chi connectivity index (χ1) is 9.63. The molecule has 0 N–H and O–H groups in total. The third-order valence-corrected chi connectivity index (χ3v) is 4.09. The average Bonchev–Trinajstić information content (AvgIpc) is 2.45. The Bertz CT molecular complexity index is 581. The van der Waals surface area contributed by atoms with Crippen molar-refractivity contribution in [3.8, 4) is 11.5 Å². The predicted octanol–water partition coefficient (Wildman–Crippen LogP) is 1.49. The van der Waals surface area contributed by atoms with E-state index in [4.69, 9.17) is 9.47 Å². The predicted molar refractivity (Wildman–Crippen MR) is 71.9 cm³/mol. The van der Waals surface area contributed by atoms with Crippen LogP contribution in [0.2, 0.25) is 0 Å². The van der Waals surface area contributed by atoms with Crippen molar-refractivity contribution in [3.05, 3.63) is 23.3 Å². The minimum atomic E-state index is -0.146. The van der Waals surface area contributed by atoms with Gasteiger partial charge >= 0.3 is 0 Å². The fourth-order valence-corrected chi connectivity index (χ4v) is 3.10. The molecule has 1 aromatic carbocycles. The molecule has 2 heterocycles. The number of ether oxygens (including phenoxy) is 2. The Balaban J connectivity index is 2.07. The lowest BCUT2D eigenvalue weighted by atomic mass is 9.86. The Kier molecular flexibility index (Phi) is 3.12. The molecule has 0 spiro atoms. The van der Waals surface area contributed by atoms with Crippen LogP contribution in [-0.4, -0.2) is 37.4 Å². The molecule has 0 aliphatic carbocycles. The maximum absolute atomic E-state index is 12.0. The summed E-state index contributed by atoms with van der Waals surface area (Å²) in [6, 6.07) is 3.71. The first-order valence-corrected chi connectivity index (χ1v) is 6.70. The fourth-order valence-electron chi connectivity index (χ4n) is 3.10. The van der Waals surface area contributed by atoms with E-state index < -0.39 is 0 Å². The summed E-state index contributed by atoms with van der Waals surface area (Å²) >= 11 is 0. The molecule has 0 aromatic heterocycles. The topological polar surface area (TPSA) is 55.8 Å². The van der Waals surface area contributed by atoms with Gasteiger partial charge in [-0.25, -0.2) is 0 Å². The summed E-state index contributed by atoms with van der Waals surface area (Å²) in [5.74, 6) is 1.28. The van der Waals surface area contributed by atoms with Gasteiger partial charge in [-0.3, -0.25) is 9.59 Å². The van der Waals surface area contributed by atoms with E-state index in [0.29, 0.717) is 24.5 Å². The summed E-state index contributed by atoms with van der Waals surface area (Å²) in [5, 5.41) is 0. The Hall–Kier alpha value is -2.04. The molecule has 1 aromatic rings. The molecule has 1 unspecified atom stereocenters. The van der Waals surface area contributed by atoms with Crippen molar-refractivity contribution in [3.63, 3.8) is 0 Å². The largest absolute Gasteiger partial charge is 0.493 e. The van der Waals surface area contributed by atoms with Crippen LogP contribution in [0, 0.1) is 0 Å². The quantitative estimate of drug-likeness (QED) is 0.767. The number of hydrogen-bond donors (Lipinski definition) is 0. The lowest BCUT2D eigenvalue weighted by Gasteiger charge is -2.40. The molecule has 5 heteroatoms. The van der Waals surface area contributed by atoms with Gasteiger partial charge in [0.15, 0.2) is 11.5 Å². The summed E-state index contributed by atoms with van der Waals surface area (Å²) in [4.78, 5) is 25.5. The molecule has 5 nitrogen and oxygen atoms in total. The number of benzene rings is 1. The minimum absolute atomic E-state index is 0.0129. The summed E-state index contributed by atoms with van der Waals surface area (Å²) < 4.78 is 10.6. The summed E-state index contributed by atoms with van der Waals surface area (Å²) in [6.45, 7) is 0.666. The van der Waals surface area contributed by atoms with Gasteiger partial charge in [0.2, 0.25) is 5.91 Å². The highest BCUT2D eigenvalue weighted by atomic mass is 16.5. The van der Waals surface area contributed by atoms with E-state index in [1.807, 2.05) is 17.0 Å². The second-order valence-electron chi connectivity index (χ2n) is 5.18. The SMILES string of the molecule is COc1cc2c(cc1OC)C1CC(=O)CC(=O)N1CC2. The number of carbonyl (C=O) groups is 2. The molecule has 1 fully saturated rings.